The first-order valence-corrected chi connectivity index (χ1v) is 7.62. The lowest BCUT2D eigenvalue weighted by atomic mass is 9.64. The van der Waals surface area contributed by atoms with Gasteiger partial charge >= 0.3 is 0 Å². The molecule has 4 atom stereocenters. The van der Waals surface area contributed by atoms with Crippen molar-refractivity contribution in [3.63, 3.8) is 0 Å². The van der Waals surface area contributed by atoms with Crippen LogP contribution in [0.3, 0.4) is 0 Å². The summed E-state index contributed by atoms with van der Waals surface area (Å²) in [6.07, 6.45) is 4.26. The van der Waals surface area contributed by atoms with Gasteiger partial charge in [0.25, 0.3) is 0 Å². The summed E-state index contributed by atoms with van der Waals surface area (Å²) in [6, 6.07) is 1.28. The molecule has 0 amide bonds. The Balaban J connectivity index is 1.71. The monoisotopic (exact) mass is 254 g/mol. The van der Waals surface area contributed by atoms with Gasteiger partial charge in [0.15, 0.2) is 0 Å². The maximum Gasteiger partial charge on any atom is 0.0655 e. The molecule has 3 nitrogen and oxygen atoms in total. The van der Waals surface area contributed by atoms with Crippen molar-refractivity contribution in [2.24, 2.45) is 11.3 Å². The summed E-state index contributed by atoms with van der Waals surface area (Å²) in [7, 11) is 0. The van der Waals surface area contributed by atoms with E-state index in [2.05, 4.69) is 38.3 Å². The van der Waals surface area contributed by atoms with Gasteiger partial charge in [-0.3, -0.25) is 0 Å². The third-order valence-corrected chi connectivity index (χ3v) is 4.91. The number of nitrogens with one attached hydrogen (secondary N) is 2. The second kappa shape index (κ2) is 5.89. The number of hydrogen-bond acceptors (Lipinski definition) is 3. The Morgan fingerprint density at radius 3 is 2.72 bits per heavy atom. The van der Waals surface area contributed by atoms with E-state index in [-0.39, 0.29) is 5.41 Å². The first kappa shape index (κ1) is 14.3. The quantitative estimate of drug-likeness (QED) is 0.789. The maximum atomic E-state index is 5.78. The Morgan fingerprint density at radius 2 is 2.11 bits per heavy atom. The van der Waals surface area contributed by atoms with Crippen molar-refractivity contribution in [1.29, 1.82) is 0 Å². The average molecular weight is 254 g/mol. The molecule has 0 spiro atoms. The van der Waals surface area contributed by atoms with Crippen LogP contribution in [-0.4, -0.2) is 37.9 Å². The molecule has 0 aromatic rings. The minimum absolute atomic E-state index is 0.288. The first-order valence-electron chi connectivity index (χ1n) is 7.62. The molecule has 4 unspecified atom stereocenters. The van der Waals surface area contributed by atoms with Crippen LogP contribution in [0.5, 0.6) is 0 Å². The minimum Gasteiger partial charge on any atom is -0.378 e. The van der Waals surface area contributed by atoms with Crippen LogP contribution in [0.25, 0.3) is 0 Å². The third kappa shape index (κ3) is 3.06. The highest BCUT2D eigenvalue weighted by Crippen LogP contribution is 2.42. The van der Waals surface area contributed by atoms with Crippen molar-refractivity contribution < 1.29 is 4.74 Å². The van der Waals surface area contributed by atoms with Crippen molar-refractivity contribution in [2.75, 3.05) is 19.7 Å². The van der Waals surface area contributed by atoms with Gasteiger partial charge < -0.3 is 15.4 Å². The van der Waals surface area contributed by atoms with Crippen molar-refractivity contribution in [1.82, 2.24) is 10.6 Å². The summed E-state index contributed by atoms with van der Waals surface area (Å²) in [6.45, 7) is 12.2. The smallest absolute Gasteiger partial charge is 0.0655 e. The fraction of sp³-hybridized carbons (Fsp3) is 1.00. The Kier molecular flexibility index (Phi) is 4.68. The molecule has 2 N–H and O–H groups in total. The Labute approximate surface area is 112 Å². The zero-order valence-corrected chi connectivity index (χ0v) is 12.5. The zero-order valence-electron chi connectivity index (χ0n) is 12.5. The fourth-order valence-electron chi connectivity index (χ4n) is 3.38. The Bertz CT molecular complexity index is 267. The van der Waals surface area contributed by atoms with Gasteiger partial charge in [0.2, 0.25) is 0 Å². The average Bonchev–Trinajstić information content (AvgIpc) is 2.33. The van der Waals surface area contributed by atoms with E-state index in [1.807, 2.05) is 0 Å². The number of piperidine rings is 1. The molecule has 2 aliphatic rings. The summed E-state index contributed by atoms with van der Waals surface area (Å²) < 4.78 is 5.78. The van der Waals surface area contributed by atoms with Crippen molar-refractivity contribution in [3.8, 4) is 0 Å². The van der Waals surface area contributed by atoms with E-state index in [0.29, 0.717) is 18.2 Å². The fourth-order valence-corrected chi connectivity index (χ4v) is 3.38. The molecule has 18 heavy (non-hydrogen) atoms. The molecule has 106 valence electrons. The van der Waals surface area contributed by atoms with Crippen LogP contribution in [0, 0.1) is 11.3 Å². The summed E-state index contributed by atoms with van der Waals surface area (Å²) in [5, 5.41) is 7.37. The van der Waals surface area contributed by atoms with Crippen molar-refractivity contribution in [3.05, 3.63) is 0 Å². The first-order chi connectivity index (χ1) is 8.54. The van der Waals surface area contributed by atoms with Crippen molar-refractivity contribution in [2.45, 2.75) is 65.1 Å². The van der Waals surface area contributed by atoms with E-state index in [9.17, 15) is 0 Å². The van der Waals surface area contributed by atoms with E-state index in [1.165, 1.54) is 25.8 Å². The Hall–Kier alpha value is -0.120. The number of hydrogen-bond donors (Lipinski definition) is 2. The van der Waals surface area contributed by atoms with Gasteiger partial charge in [-0.15, -0.1) is 0 Å². The number of rotatable bonds is 5. The van der Waals surface area contributed by atoms with Gasteiger partial charge in [0, 0.05) is 30.7 Å². The molecule has 1 saturated carbocycles. The molecule has 0 aromatic carbocycles. The highest BCUT2D eigenvalue weighted by molar-refractivity contribution is 5.03. The molecule has 1 heterocycles. The summed E-state index contributed by atoms with van der Waals surface area (Å²) in [5.74, 6) is 0.878. The van der Waals surface area contributed by atoms with Gasteiger partial charge in [0.1, 0.15) is 0 Å². The molecule has 0 bridgehead atoms. The van der Waals surface area contributed by atoms with E-state index in [1.54, 1.807) is 0 Å². The van der Waals surface area contributed by atoms with E-state index in [0.717, 1.165) is 19.1 Å². The standard InChI is InChI=1S/C15H30N2O/c1-5-18-14-9-13(15(14,3)4)17-10-12-8-11(2)6-7-16-12/h11-14,16-17H,5-10H2,1-4H3. The second-order valence-electron chi connectivity index (χ2n) is 6.74. The molecule has 0 aromatic heterocycles. The normalized spacial score (nSPS) is 39.3. The lowest BCUT2D eigenvalue weighted by Crippen LogP contribution is -2.62. The molecule has 1 saturated heterocycles. The molecule has 3 heteroatoms. The molecule has 1 aliphatic heterocycles. The largest absolute Gasteiger partial charge is 0.378 e. The molecular formula is C15H30N2O. The van der Waals surface area contributed by atoms with E-state index >= 15 is 0 Å². The summed E-state index contributed by atoms with van der Waals surface area (Å²) >= 11 is 0. The lowest BCUT2D eigenvalue weighted by molar-refractivity contribution is -0.114. The molecule has 2 fully saturated rings. The highest BCUT2D eigenvalue weighted by Gasteiger charge is 2.48. The number of ether oxygens (including phenoxy) is 1. The van der Waals surface area contributed by atoms with Crippen LogP contribution in [0.2, 0.25) is 0 Å². The SMILES string of the molecule is CCOC1CC(NCC2CC(C)CCN2)C1(C)C. The summed E-state index contributed by atoms with van der Waals surface area (Å²) in [5.41, 5.74) is 0.288. The second-order valence-corrected chi connectivity index (χ2v) is 6.74. The van der Waals surface area contributed by atoms with Gasteiger partial charge in [-0.05, 0) is 38.6 Å². The van der Waals surface area contributed by atoms with Crippen LogP contribution in [0.15, 0.2) is 0 Å². The highest BCUT2D eigenvalue weighted by atomic mass is 16.5. The Morgan fingerprint density at radius 1 is 1.33 bits per heavy atom. The predicted molar refractivity (Wildman–Crippen MR) is 75.8 cm³/mol. The van der Waals surface area contributed by atoms with E-state index in [4.69, 9.17) is 4.74 Å². The molecular weight excluding hydrogens is 224 g/mol. The van der Waals surface area contributed by atoms with Crippen LogP contribution < -0.4 is 10.6 Å². The third-order valence-electron chi connectivity index (χ3n) is 4.91. The zero-order chi connectivity index (χ0) is 13.2. The van der Waals surface area contributed by atoms with Gasteiger partial charge in [-0.25, -0.2) is 0 Å². The van der Waals surface area contributed by atoms with Gasteiger partial charge in [0.05, 0.1) is 6.10 Å². The topological polar surface area (TPSA) is 33.3 Å². The van der Waals surface area contributed by atoms with Crippen LogP contribution in [0.4, 0.5) is 0 Å². The predicted octanol–water partition coefficient (Wildman–Crippen LogP) is 2.17. The summed E-state index contributed by atoms with van der Waals surface area (Å²) in [4.78, 5) is 0. The lowest BCUT2D eigenvalue weighted by Gasteiger charge is -2.52. The van der Waals surface area contributed by atoms with Gasteiger partial charge in [-0.2, -0.15) is 0 Å². The van der Waals surface area contributed by atoms with Crippen LogP contribution in [0.1, 0.15) is 47.0 Å². The van der Waals surface area contributed by atoms with Crippen molar-refractivity contribution >= 4 is 0 Å². The molecule has 2 rings (SSSR count). The minimum atomic E-state index is 0.288. The molecule has 0 radical (unpaired) electrons. The maximum absolute atomic E-state index is 5.78. The molecule has 1 aliphatic carbocycles. The van der Waals surface area contributed by atoms with Gasteiger partial charge in [-0.1, -0.05) is 20.8 Å². The van der Waals surface area contributed by atoms with Crippen LogP contribution in [-0.2, 0) is 4.74 Å². The van der Waals surface area contributed by atoms with E-state index < -0.39 is 0 Å². The van der Waals surface area contributed by atoms with Crippen LogP contribution >= 0.6 is 0 Å².